The molecule has 1 aliphatic rings. The van der Waals surface area contributed by atoms with Crippen LogP contribution in [0.15, 0.2) is 82.7 Å². The molecule has 1 aliphatic carbocycles. The zero-order chi connectivity index (χ0) is 28.7. The van der Waals surface area contributed by atoms with Gasteiger partial charge in [-0.25, -0.2) is 22.7 Å². The molecule has 0 unspecified atom stereocenters. The Morgan fingerprint density at radius 3 is 2.17 bits per heavy atom. The fourth-order valence-electron chi connectivity index (χ4n) is 4.61. The predicted molar refractivity (Wildman–Crippen MR) is 151 cm³/mol. The Bertz CT molecular complexity index is 1460. The molecule has 210 valence electrons. The summed E-state index contributed by atoms with van der Waals surface area (Å²) in [6.45, 7) is 2.07. The van der Waals surface area contributed by atoms with Crippen molar-refractivity contribution in [3.8, 4) is 11.1 Å². The number of nitrogens with two attached hydrogens (primary N) is 1. The summed E-state index contributed by atoms with van der Waals surface area (Å²) in [6.07, 6.45) is -0.250. The van der Waals surface area contributed by atoms with Crippen LogP contribution in [-0.4, -0.2) is 52.7 Å². The van der Waals surface area contributed by atoms with Gasteiger partial charge in [0.15, 0.2) is 0 Å². The molecule has 0 bridgehead atoms. The first-order valence-corrected chi connectivity index (χ1v) is 14.3. The predicted octanol–water partition coefficient (Wildman–Crippen LogP) is 3.45. The number of aryl methyl sites for hydroxylation is 1. The molecule has 11 heteroatoms. The third kappa shape index (κ3) is 6.78. The van der Waals surface area contributed by atoms with E-state index in [9.17, 15) is 18.0 Å². The number of methoxy groups -OCH3 is 1. The molecule has 1 amide bonds. The zero-order valence-electron chi connectivity index (χ0n) is 22.3. The maximum atomic E-state index is 12.6. The van der Waals surface area contributed by atoms with Gasteiger partial charge in [0.05, 0.1) is 12.0 Å². The lowest BCUT2D eigenvalue weighted by atomic mass is 9.98. The van der Waals surface area contributed by atoms with Crippen molar-refractivity contribution < 1.29 is 27.5 Å². The van der Waals surface area contributed by atoms with Gasteiger partial charge < -0.3 is 20.5 Å². The van der Waals surface area contributed by atoms with E-state index in [2.05, 4.69) is 15.0 Å². The number of carbonyl (C=O) groups is 2. The molecule has 3 aromatic rings. The second kappa shape index (κ2) is 12.6. The van der Waals surface area contributed by atoms with E-state index in [0.717, 1.165) is 27.8 Å². The van der Waals surface area contributed by atoms with Crippen molar-refractivity contribution in [2.24, 2.45) is 10.7 Å². The average Bonchev–Trinajstić information content (AvgIpc) is 3.26. The van der Waals surface area contributed by atoms with Crippen LogP contribution in [0.3, 0.4) is 0 Å². The highest BCUT2D eigenvalue weighted by Crippen LogP contribution is 2.44. The Balaban J connectivity index is 1.29. The lowest BCUT2D eigenvalue weighted by Gasteiger charge is -2.18. The molecule has 0 fully saturated rings. The number of nitrogens with zero attached hydrogens (tertiary/aromatic N) is 1. The van der Waals surface area contributed by atoms with Gasteiger partial charge in [-0.3, -0.25) is 4.99 Å². The van der Waals surface area contributed by atoms with Gasteiger partial charge in [0.25, 0.3) is 10.0 Å². The Morgan fingerprint density at radius 2 is 1.57 bits per heavy atom. The highest BCUT2D eigenvalue weighted by Gasteiger charge is 2.30. The quantitative estimate of drug-likeness (QED) is 0.148. The summed E-state index contributed by atoms with van der Waals surface area (Å²) in [4.78, 5) is 29.0. The van der Waals surface area contributed by atoms with Crippen LogP contribution in [0.4, 0.5) is 4.79 Å². The van der Waals surface area contributed by atoms with Gasteiger partial charge in [-0.05, 0) is 54.2 Å². The van der Waals surface area contributed by atoms with Gasteiger partial charge in [-0.2, -0.15) is 0 Å². The van der Waals surface area contributed by atoms with E-state index in [0.29, 0.717) is 6.42 Å². The first-order valence-electron chi connectivity index (χ1n) is 12.8. The van der Waals surface area contributed by atoms with E-state index in [1.54, 1.807) is 12.1 Å². The number of rotatable bonds is 10. The van der Waals surface area contributed by atoms with E-state index >= 15 is 0 Å². The van der Waals surface area contributed by atoms with Gasteiger partial charge >= 0.3 is 12.1 Å². The number of carbonyl (C=O) groups excluding carboxylic acids is 2. The lowest BCUT2D eigenvalue weighted by molar-refractivity contribution is -0.143. The Labute approximate surface area is 233 Å². The van der Waals surface area contributed by atoms with Crippen molar-refractivity contribution in [3.63, 3.8) is 0 Å². The Kier molecular flexibility index (Phi) is 9.05. The zero-order valence-corrected chi connectivity index (χ0v) is 23.1. The summed E-state index contributed by atoms with van der Waals surface area (Å²) < 4.78 is 37.5. The van der Waals surface area contributed by atoms with Crippen molar-refractivity contribution in [2.75, 3.05) is 20.3 Å². The van der Waals surface area contributed by atoms with Crippen molar-refractivity contribution in [3.05, 3.63) is 89.5 Å². The number of hydrogen-bond donors (Lipinski definition) is 3. The molecule has 0 saturated carbocycles. The van der Waals surface area contributed by atoms with Crippen molar-refractivity contribution in [1.29, 1.82) is 0 Å². The third-order valence-corrected chi connectivity index (χ3v) is 8.00. The van der Waals surface area contributed by atoms with Crippen LogP contribution in [0.2, 0.25) is 0 Å². The second-order valence-electron chi connectivity index (χ2n) is 9.37. The molecule has 0 radical (unpaired) electrons. The number of sulfonamides is 1. The number of ether oxygens (including phenoxy) is 2. The van der Waals surface area contributed by atoms with Crippen LogP contribution >= 0.6 is 0 Å². The maximum absolute atomic E-state index is 12.6. The van der Waals surface area contributed by atoms with Gasteiger partial charge in [0.2, 0.25) is 5.96 Å². The third-order valence-electron chi connectivity index (χ3n) is 6.62. The molecule has 0 aliphatic heterocycles. The molecule has 1 atom stereocenters. The molecular weight excluding hydrogens is 532 g/mol. The van der Waals surface area contributed by atoms with Gasteiger partial charge in [-0.1, -0.05) is 66.2 Å². The van der Waals surface area contributed by atoms with Crippen molar-refractivity contribution in [1.82, 2.24) is 10.0 Å². The van der Waals surface area contributed by atoms with Gasteiger partial charge in [-0.15, -0.1) is 0 Å². The van der Waals surface area contributed by atoms with Crippen molar-refractivity contribution >= 4 is 28.0 Å². The number of aliphatic imine (C=N–C) groups is 1. The first-order chi connectivity index (χ1) is 19.2. The molecular formula is C29H32N4O6S. The number of benzene rings is 3. The largest absolute Gasteiger partial charge is 0.467 e. The van der Waals surface area contributed by atoms with Crippen LogP contribution in [0.5, 0.6) is 0 Å². The summed E-state index contributed by atoms with van der Waals surface area (Å²) in [5, 5.41) is 2.57. The lowest BCUT2D eigenvalue weighted by Crippen LogP contribution is -2.42. The summed E-state index contributed by atoms with van der Waals surface area (Å²) in [7, 11) is -2.64. The van der Waals surface area contributed by atoms with Crippen LogP contribution in [-0.2, 0) is 24.3 Å². The summed E-state index contributed by atoms with van der Waals surface area (Å²) in [5.41, 5.74) is 11.1. The SMILES string of the molecule is COC(=O)[C@H](CCCN=C(N)NS(=O)(=O)c1ccc(C)cc1)NC(=O)OCC1c2ccccc2-c2ccccc21. The molecule has 40 heavy (non-hydrogen) atoms. The van der Waals surface area contributed by atoms with E-state index in [4.69, 9.17) is 15.2 Å². The summed E-state index contributed by atoms with van der Waals surface area (Å²) in [5.74, 6) is -1.03. The Hall–Kier alpha value is -4.38. The Morgan fingerprint density at radius 1 is 0.975 bits per heavy atom. The minimum absolute atomic E-state index is 0.0642. The minimum atomic E-state index is -3.87. The van der Waals surface area contributed by atoms with E-state index < -0.39 is 28.1 Å². The molecule has 0 aromatic heterocycles. The van der Waals surface area contributed by atoms with Gasteiger partial charge in [0, 0.05) is 12.5 Å². The molecule has 10 nitrogen and oxygen atoms in total. The number of nitrogens with one attached hydrogen (secondary N) is 2. The molecule has 0 spiro atoms. The fourth-order valence-corrected chi connectivity index (χ4v) is 5.57. The van der Waals surface area contributed by atoms with Crippen molar-refractivity contribution in [2.45, 2.75) is 36.6 Å². The molecule has 4 rings (SSSR count). The van der Waals surface area contributed by atoms with Crippen LogP contribution < -0.4 is 15.8 Å². The highest BCUT2D eigenvalue weighted by atomic mass is 32.2. The van der Waals surface area contributed by atoms with E-state index in [1.165, 1.54) is 19.2 Å². The molecule has 0 saturated heterocycles. The normalized spacial score (nSPS) is 13.6. The summed E-state index contributed by atoms with van der Waals surface area (Å²) in [6, 6.07) is 21.3. The fraction of sp³-hybridized carbons (Fsp3) is 0.276. The smallest absolute Gasteiger partial charge is 0.407 e. The number of alkyl carbamates (subject to hydrolysis) is 1. The monoisotopic (exact) mass is 564 g/mol. The molecule has 4 N–H and O–H groups in total. The van der Waals surface area contributed by atoms with E-state index in [-0.39, 0.29) is 36.3 Å². The number of hydrogen-bond acceptors (Lipinski definition) is 7. The van der Waals surface area contributed by atoms with Crippen LogP contribution in [0, 0.1) is 6.92 Å². The number of amides is 1. The highest BCUT2D eigenvalue weighted by molar-refractivity contribution is 7.90. The molecule has 3 aromatic carbocycles. The number of guanidine groups is 1. The topological polar surface area (TPSA) is 149 Å². The standard InChI is InChI=1S/C29H32N4O6S/c1-19-13-15-20(16-14-19)40(36,37)33-28(30)31-17-7-12-26(27(34)38-2)32-29(35)39-18-25-23-10-5-3-8-21(23)22-9-4-6-11-24(22)25/h3-6,8-11,13-16,25-26H,7,12,17-18H2,1-2H3,(H,32,35)(H3,30,31,33)/t26-/m0/s1. The van der Waals surface area contributed by atoms with E-state index in [1.807, 2.05) is 55.5 Å². The first kappa shape index (κ1) is 28.6. The van der Waals surface area contributed by atoms with Gasteiger partial charge in [0.1, 0.15) is 12.6 Å². The molecule has 0 heterocycles. The van der Waals surface area contributed by atoms with Crippen LogP contribution in [0.1, 0.15) is 35.4 Å². The number of esters is 1. The summed E-state index contributed by atoms with van der Waals surface area (Å²) >= 11 is 0. The van der Waals surface area contributed by atoms with Crippen LogP contribution in [0.25, 0.3) is 11.1 Å². The second-order valence-corrected chi connectivity index (χ2v) is 11.1. The number of fused-ring (bicyclic) bond motifs is 3. The average molecular weight is 565 g/mol. The maximum Gasteiger partial charge on any atom is 0.407 e. The minimum Gasteiger partial charge on any atom is -0.467 e.